The number of hydrogen-bond acceptors (Lipinski definition) is 5. The van der Waals surface area contributed by atoms with Crippen LogP contribution in [0.25, 0.3) is 21.3 Å². The summed E-state index contributed by atoms with van der Waals surface area (Å²) in [6.45, 7) is 4.65. The van der Waals surface area contributed by atoms with Gasteiger partial charge < -0.3 is 10.1 Å². The van der Waals surface area contributed by atoms with Gasteiger partial charge in [0.25, 0.3) is 0 Å². The summed E-state index contributed by atoms with van der Waals surface area (Å²) in [5.41, 5.74) is 2.79. The first-order chi connectivity index (χ1) is 13.6. The van der Waals surface area contributed by atoms with Crippen molar-refractivity contribution in [2.75, 3.05) is 11.9 Å². The lowest BCUT2D eigenvalue weighted by Crippen LogP contribution is -1.96. The van der Waals surface area contributed by atoms with Crippen LogP contribution in [0.5, 0.6) is 5.75 Å². The molecule has 0 spiro atoms. The molecular formula is C21H17ClFN3OS. The summed E-state index contributed by atoms with van der Waals surface area (Å²) in [5, 5.41) is 4.23. The van der Waals surface area contributed by atoms with E-state index in [1.54, 1.807) is 23.5 Å². The van der Waals surface area contributed by atoms with Crippen molar-refractivity contribution >= 4 is 44.7 Å². The summed E-state index contributed by atoms with van der Waals surface area (Å²) in [6, 6.07) is 12.5. The minimum atomic E-state index is -0.457. The number of aromatic nitrogens is 2. The van der Waals surface area contributed by atoms with Crippen molar-refractivity contribution in [2.45, 2.75) is 13.8 Å². The molecule has 0 fully saturated rings. The predicted octanol–water partition coefficient (Wildman–Crippen LogP) is 6.60. The monoisotopic (exact) mass is 413 g/mol. The van der Waals surface area contributed by atoms with Crippen LogP contribution in [0, 0.1) is 12.7 Å². The van der Waals surface area contributed by atoms with Gasteiger partial charge in [-0.05, 0) is 49.7 Å². The highest BCUT2D eigenvalue weighted by Crippen LogP contribution is 2.41. The first-order valence-electron chi connectivity index (χ1n) is 8.76. The topological polar surface area (TPSA) is 47.0 Å². The van der Waals surface area contributed by atoms with E-state index in [9.17, 15) is 4.39 Å². The number of fused-ring (bicyclic) bond motifs is 1. The van der Waals surface area contributed by atoms with Crippen LogP contribution in [-0.4, -0.2) is 16.6 Å². The van der Waals surface area contributed by atoms with Gasteiger partial charge in [-0.3, -0.25) is 0 Å². The van der Waals surface area contributed by atoms with Crippen LogP contribution in [0.1, 0.15) is 11.8 Å². The minimum Gasteiger partial charge on any atom is -0.494 e. The van der Waals surface area contributed by atoms with Gasteiger partial charge in [-0.1, -0.05) is 23.7 Å². The standard InChI is InChI=1S/C21H17ClFN3OS/c1-3-27-15-7-4-13(5-8-15)18-12(2)28-21-19(18)20(24-11-25-21)26-14-6-9-17(23)16(22)10-14/h4-11H,3H2,1-2H3,(H,24,25,26). The lowest BCUT2D eigenvalue weighted by atomic mass is 10.0. The number of halogens is 2. The second-order valence-corrected chi connectivity index (χ2v) is 7.76. The van der Waals surface area contributed by atoms with E-state index in [1.807, 2.05) is 31.2 Å². The lowest BCUT2D eigenvalue weighted by Gasteiger charge is -2.10. The first kappa shape index (κ1) is 18.7. The molecular weight excluding hydrogens is 397 g/mol. The van der Waals surface area contributed by atoms with Gasteiger partial charge in [0, 0.05) is 16.1 Å². The average molecular weight is 414 g/mol. The molecule has 0 saturated heterocycles. The van der Waals surface area contributed by atoms with Crippen molar-refractivity contribution in [1.29, 1.82) is 0 Å². The Kier molecular flexibility index (Phi) is 5.15. The number of hydrogen-bond donors (Lipinski definition) is 1. The van der Waals surface area contributed by atoms with Crippen molar-refractivity contribution in [2.24, 2.45) is 0 Å². The molecule has 0 unspecified atom stereocenters. The Bertz CT molecular complexity index is 1140. The number of anilines is 2. The zero-order chi connectivity index (χ0) is 19.7. The van der Waals surface area contributed by atoms with Crippen molar-refractivity contribution in [1.82, 2.24) is 9.97 Å². The van der Waals surface area contributed by atoms with Gasteiger partial charge in [0.15, 0.2) is 0 Å². The van der Waals surface area contributed by atoms with E-state index >= 15 is 0 Å². The Hall–Kier alpha value is -2.70. The molecule has 4 nitrogen and oxygen atoms in total. The Labute approximate surface area is 171 Å². The molecule has 4 aromatic rings. The van der Waals surface area contributed by atoms with E-state index in [4.69, 9.17) is 16.3 Å². The number of rotatable bonds is 5. The summed E-state index contributed by atoms with van der Waals surface area (Å²) in [7, 11) is 0. The van der Waals surface area contributed by atoms with Crippen LogP contribution >= 0.6 is 22.9 Å². The van der Waals surface area contributed by atoms with Crippen LogP contribution in [0.4, 0.5) is 15.9 Å². The maximum Gasteiger partial charge on any atom is 0.143 e. The summed E-state index contributed by atoms with van der Waals surface area (Å²) in [6.07, 6.45) is 1.52. The van der Waals surface area contributed by atoms with Gasteiger partial charge >= 0.3 is 0 Å². The molecule has 7 heteroatoms. The van der Waals surface area contributed by atoms with Crippen LogP contribution in [0.2, 0.25) is 5.02 Å². The normalized spacial score (nSPS) is 11.0. The molecule has 0 aliphatic rings. The summed E-state index contributed by atoms with van der Waals surface area (Å²) < 4.78 is 19.0. The van der Waals surface area contributed by atoms with E-state index < -0.39 is 5.82 Å². The van der Waals surface area contributed by atoms with Crippen LogP contribution in [0.3, 0.4) is 0 Å². The molecule has 28 heavy (non-hydrogen) atoms. The number of aryl methyl sites for hydroxylation is 1. The molecule has 0 aliphatic heterocycles. The van der Waals surface area contributed by atoms with Crippen molar-refractivity contribution in [3.8, 4) is 16.9 Å². The van der Waals surface area contributed by atoms with E-state index in [1.165, 1.54) is 12.4 Å². The van der Waals surface area contributed by atoms with Crippen LogP contribution in [-0.2, 0) is 0 Å². The van der Waals surface area contributed by atoms with Gasteiger partial charge in [-0.15, -0.1) is 11.3 Å². The zero-order valence-electron chi connectivity index (χ0n) is 15.3. The van der Waals surface area contributed by atoms with E-state index in [-0.39, 0.29) is 5.02 Å². The predicted molar refractivity (Wildman–Crippen MR) is 113 cm³/mol. The van der Waals surface area contributed by atoms with Gasteiger partial charge in [-0.25, -0.2) is 14.4 Å². The number of nitrogens with zero attached hydrogens (tertiary/aromatic N) is 2. The molecule has 2 aromatic carbocycles. The third-order valence-corrected chi connectivity index (χ3v) is 5.60. The highest BCUT2D eigenvalue weighted by Gasteiger charge is 2.17. The molecule has 4 rings (SSSR count). The lowest BCUT2D eigenvalue weighted by molar-refractivity contribution is 0.340. The molecule has 142 valence electrons. The maximum absolute atomic E-state index is 13.5. The van der Waals surface area contributed by atoms with E-state index in [2.05, 4.69) is 22.2 Å². The van der Waals surface area contributed by atoms with Crippen LogP contribution in [0.15, 0.2) is 48.8 Å². The largest absolute Gasteiger partial charge is 0.494 e. The second kappa shape index (κ2) is 7.73. The van der Waals surface area contributed by atoms with Crippen LogP contribution < -0.4 is 10.1 Å². The summed E-state index contributed by atoms with van der Waals surface area (Å²) in [4.78, 5) is 10.9. The highest BCUT2D eigenvalue weighted by molar-refractivity contribution is 7.19. The average Bonchev–Trinajstić information content (AvgIpc) is 3.02. The molecule has 2 aromatic heterocycles. The Balaban J connectivity index is 1.81. The van der Waals surface area contributed by atoms with Crippen molar-refractivity contribution in [3.05, 3.63) is 64.5 Å². The number of thiophene rings is 1. The molecule has 1 N–H and O–H groups in total. The highest BCUT2D eigenvalue weighted by atomic mass is 35.5. The number of nitrogens with one attached hydrogen (secondary N) is 1. The smallest absolute Gasteiger partial charge is 0.143 e. The fourth-order valence-electron chi connectivity index (χ4n) is 3.08. The first-order valence-corrected chi connectivity index (χ1v) is 9.95. The van der Waals surface area contributed by atoms with E-state index in [0.29, 0.717) is 18.1 Å². The molecule has 0 amide bonds. The zero-order valence-corrected chi connectivity index (χ0v) is 16.9. The third kappa shape index (κ3) is 3.53. The van der Waals surface area contributed by atoms with Crippen molar-refractivity contribution < 1.29 is 9.13 Å². The van der Waals surface area contributed by atoms with E-state index in [0.717, 1.165) is 32.0 Å². The molecule has 0 atom stereocenters. The van der Waals surface area contributed by atoms with Crippen molar-refractivity contribution in [3.63, 3.8) is 0 Å². The maximum atomic E-state index is 13.5. The molecule has 0 bridgehead atoms. The Morgan fingerprint density at radius 2 is 1.93 bits per heavy atom. The van der Waals surface area contributed by atoms with Gasteiger partial charge in [0.1, 0.15) is 28.5 Å². The fourth-order valence-corrected chi connectivity index (χ4v) is 4.27. The number of benzene rings is 2. The molecule has 0 aliphatic carbocycles. The van der Waals surface area contributed by atoms with Gasteiger partial charge in [-0.2, -0.15) is 0 Å². The Morgan fingerprint density at radius 1 is 1.14 bits per heavy atom. The minimum absolute atomic E-state index is 0.0588. The SMILES string of the molecule is CCOc1ccc(-c2c(C)sc3ncnc(Nc4ccc(F)c(Cl)c4)c23)cc1. The Morgan fingerprint density at radius 3 is 2.64 bits per heavy atom. The third-order valence-electron chi connectivity index (χ3n) is 4.30. The summed E-state index contributed by atoms with van der Waals surface area (Å²) in [5.74, 6) is 1.03. The van der Waals surface area contributed by atoms with Gasteiger partial charge in [0.05, 0.1) is 17.0 Å². The summed E-state index contributed by atoms with van der Waals surface area (Å²) >= 11 is 7.52. The quantitative estimate of drug-likeness (QED) is 0.400. The molecule has 0 radical (unpaired) electrons. The molecule has 2 heterocycles. The number of ether oxygens (including phenoxy) is 1. The fraction of sp³-hybridized carbons (Fsp3) is 0.143. The molecule has 0 saturated carbocycles. The van der Waals surface area contributed by atoms with Gasteiger partial charge in [0.2, 0.25) is 0 Å². The second-order valence-electron chi connectivity index (χ2n) is 6.15.